The molecule has 4 aromatic rings. The zero-order chi connectivity index (χ0) is 51.0. The molecule has 0 bridgehead atoms. The van der Waals surface area contributed by atoms with Crippen LogP contribution < -0.4 is 4.74 Å². The van der Waals surface area contributed by atoms with E-state index in [2.05, 4.69) is 88.9 Å². The summed E-state index contributed by atoms with van der Waals surface area (Å²) in [5, 5.41) is 0. The standard InChI is InChI=1S/C68H106N4O/c1-5-9-13-17-19-21-25-27-31-55-39-45-65(63(47-55)49-57-35-41-61(42-36-57)67-69-51-59(52-70-67)33-29-23-15-11-7-3)73-66-46-40-56(32-28-26-22-20-18-14-10-6-2)48-64(66)50-58-37-43-62(44-38-58)68-71-53-60(54-72-68)34-30-24-16-12-8-4/h39-40,45-48,51-54,57-58,61-62H,5-38,41-44,49-50H2,1-4H3/t57-,58-,61-,62-. The average molecular weight is 996 g/mol. The number of hydrogen-bond donors (Lipinski definition) is 0. The van der Waals surface area contributed by atoms with Gasteiger partial charge in [0.15, 0.2) is 0 Å². The second kappa shape index (κ2) is 35.6. The first-order valence-electron chi connectivity index (χ1n) is 31.6. The van der Waals surface area contributed by atoms with E-state index in [1.54, 1.807) is 0 Å². The van der Waals surface area contributed by atoms with Crippen LogP contribution in [0, 0.1) is 11.8 Å². The van der Waals surface area contributed by atoms with Crippen molar-refractivity contribution < 1.29 is 4.74 Å². The molecular formula is C68H106N4O. The van der Waals surface area contributed by atoms with E-state index in [0.717, 1.165) is 61.7 Å². The maximum Gasteiger partial charge on any atom is 0.131 e. The Labute approximate surface area is 448 Å². The molecule has 0 aliphatic heterocycles. The van der Waals surface area contributed by atoms with Gasteiger partial charge in [0.05, 0.1) is 0 Å². The van der Waals surface area contributed by atoms with Crippen molar-refractivity contribution in [2.75, 3.05) is 0 Å². The molecule has 2 aromatic heterocycles. The number of nitrogens with zero attached hydrogens (tertiary/aromatic N) is 4. The highest BCUT2D eigenvalue weighted by Crippen LogP contribution is 2.41. The minimum atomic E-state index is 0.476. The molecule has 0 spiro atoms. The quantitative estimate of drug-likeness (QED) is 0.0419. The molecule has 0 unspecified atom stereocenters. The fourth-order valence-corrected chi connectivity index (χ4v) is 12.3. The topological polar surface area (TPSA) is 60.8 Å². The van der Waals surface area contributed by atoms with Crippen molar-refractivity contribution >= 4 is 0 Å². The van der Waals surface area contributed by atoms with Crippen LogP contribution in [-0.2, 0) is 38.5 Å². The maximum absolute atomic E-state index is 7.27. The summed E-state index contributed by atoms with van der Waals surface area (Å²) in [7, 11) is 0. The molecule has 2 aromatic carbocycles. The zero-order valence-electron chi connectivity index (χ0n) is 47.6. The molecule has 2 aliphatic rings. The van der Waals surface area contributed by atoms with Crippen LogP contribution in [0.4, 0.5) is 0 Å². The van der Waals surface area contributed by atoms with Crippen molar-refractivity contribution in [3.63, 3.8) is 0 Å². The highest BCUT2D eigenvalue weighted by molar-refractivity contribution is 5.45. The minimum absolute atomic E-state index is 0.476. The Kier molecular flexibility index (Phi) is 28.6. The molecule has 0 atom stereocenters. The molecule has 0 saturated heterocycles. The number of ether oxygens (including phenoxy) is 1. The normalized spacial score (nSPS) is 18.1. The van der Waals surface area contributed by atoms with Crippen LogP contribution in [-0.4, -0.2) is 19.9 Å². The smallest absolute Gasteiger partial charge is 0.131 e. The van der Waals surface area contributed by atoms with Gasteiger partial charge in [-0.1, -0.05) is 193 Å². The Morgan fingerprint density at radius 3 is 0.945 bits per heavy atom. The van der Waals surface area contributed by atoms with Crippen LogP contribution in [0.2, 0.25) is 0 Å². The number of aryl methyl sites for hydroxylation is 4. The van der Waals surface area contributed by atoms with E-state index in [-0.39, 0.29) is 0 Å². The van der Waals surface area contributed by atoms with Gasteiger partial charge in [-0.3, -0.25) is 0 Å². The lowest BCUT2D eigenvalue weighted by Gasteiger charge is -2.29. The molecule has 73 heavy (non-hydrogen) atoms. The summed E-state index contributed by atoms with van der Waals surface area (Å²) in [6, 6.07) is 14.6. The summed E-state index contributed by atoms with van der Waals surface area (Å²) >= 11 is 0. The molecule has 0 N–H and O–H groups in total. The van der Waals surface area contributed by atoms with Crippen molar-refractivity contribution in [2.45, 2.75) is 296 Å². The summed E-state index contributed by atoms with van der Waals surface area (Å²) in [5.74, 6) is 6.56. The van der Waals surface area contributed by atoms with E-state index in [9.17, 15) is 0 Å². The second-order valence-corrected chi connectivity index (χ2v) is 23.5. The van der Waals surface area contributed by atoms with Crippen molar-refractivity contribution in [1.29, 1.82) is 0 Å². The molecule has 0 radical (unpaired) electrons. The van der Waals surface area contributed by atoms with Crippen LogP contribution in [0.3, 0.4) is 0 Å². The Balaban J connectivity index is 1.11. The molecule has 2 heterocycles. The van der Waals surface area contributed by atoms with E-state index in [4.69, 9.17) is 24.7 Å². The van der Waals surface area contributed by atoms with E-state index >= 15 is 0 Å². The van der Waals surface area contributed by atoms with E-state index < -0.39 is 0 Å². The zero-order valence-corrected chi connectivity index (χ0v) is 47.6. The lowest BCUT2D eigenvalue weighted by molar-refractivity contribution is 0.312. The van der Waals surface area contributed by atoms with Gasteiger partial charge in [-0.25, -0.2) is 19.9 Å². The van der Waals surface area contributed by atoms with Crippen molar-refractivity contribution in [3.05, 3.63) is 106 Å². The third-order valence-corrected chi connectivity index (χ3v) is 17.1. The largest absolute Gasteiger partial charge is 0.457 e. The summed E-state index contributed by atoms with van der Waals surface area (Å²) in [4.78, 5) is 19.8. The van der Waals surface area contributed by atoms with Gasteiger partial charge in [0.1, 0.15) is 23.1 Å². The van der Waals surface area contributed by atoms with Gasteiger partial charge in [0.2, 0.25) is 0 Å². The number of unbranched alkanes of at least 4 members (excludes halogenated alkanes) is 22. The Morgan fingerprint density at radius 2 is 0.630 bits per heavy atom. The van der Waals surface area contributed by atoms with Crippen LogP contribution in [0.1, 0.15) is 303 Å². The first kappa shape index (κ1) is 58.7. The van der Waals surface area contributed by atoms with Gasteiger partial charge in [-0.15, -0.1) is 0 Å². The third kappa shape index (κ3) is 22.3. The lowest BCUT2D eigenvalue weighted by atomic mass is 9.78. The van der Waals surface area contributed by atoms with E-state index in [1.165, 1.54) is 252 Å². The summed E-state index contributed by atoms with van der Waals surface area (Å²) in [5.41, 5.74) is 8.40. The molecule has 5 nitrogen and oxygen atoms in total. The molecular weight excluding hydrogens is 889 g/mol. The molecule has 0 amide bonds. The van der Waals surface area contributed by atoms with Crippen LogP contribution >= 0.6 is 0 Å². The fraction of sp³-hybridized carbons (Fsp3) is 0.706. The first-order valence-corrected chi connectivity index (χ1v) is 31.6. The molecule has 2 aliphatic carbocycles. The van der Waals surface area contributed by atoms with Crippen molar-refractivity contribution in [1.82, 2.24) is 19.9 Å². The number of benzene rings is 2. The average Bonchev–Trinajstić information content (AvgIpc) is 3.42. The number of rotatable bonds is 38. The van der Waals surface area contributed by atoms with Gasteiger partial charge in [-0.05, 0) is 173 Å². The molecule has 5 heteroatoms. The molecule has 404 valence electrons. The van der Waals surface area contributed by atoms with Gasteiger partial charge in [0.25, 0.3) is 0 Å². The summed E-state index contributed by atoms with van der Waals surface area (Å²) < 4.78 is 7.27. The fourth-order valence-electron chi connectivity index (χ4n) is 12.3. The highest BCUT2D eigenvalue weighted by atomic mass is 16.5. The van der Waals surface area contributed by atoms with Gasteiger partial charge >= 0.3 is 0 Å². The van der Waals surface area contributed by atoms with Crippen LogP contribution in [0.25, 0.3) is 0 Å². The number of hydrogen-bond acceptors (Lipinski definition) is 5. The predicted octanol–water partition coefficient (Wildman–Crippen LogP) is 20.5. The highest BCUT2D eigenvalue weighted by Gasteiger charge is 2.28. The molecule has 6 rings (SSSR count). The molecule has 2 saturated carbocycles. The number of aromatic nitrogens is 4. The van der Waals surface area contributed by atoms with E-state index in [0.29, 0.717) is 23.7 Å². The second-order valence-electron chi connectivity index (χ2n) is 23.5. The van der Waals surface area contributed by atoms with Gasteiger partial charge < -0.3 is 4.74 Å². The van der Waals surface area contributed by atoms with Crippen molar-refractivity contribution in [3.8, 4) is 11.5 Å². The maximum atomic E-state index is 7.27. The monoisotopic (exact) mass is 995 g/mol. The summed E-state index contributed by atoms with van der Waals surface area (Å²) in [6.07, 6.45) is 59.7. The first-order chi connectivity index (χ1) is 36.0. The predicted molar refractivity (Wildman–Crippen MR) is 311 cm³/mol. The molecule has 2 fully saturated rings. The van der Waals surface area contributed by atoms with Crippen LogP contribution in [0.15, 0.2) is 61.2 Å². The van der Waals surface area contributed by atoms with Gasteiger partial charge in [-0.2, -0.15) is 0 Å². The Hall–Kier alpha value is -3.60. The lowest BCUT2D eigenvalue weighted by Crippen LogP contribution is -2.18. The van der Waals surface area contributed by atoms with E-state index in [1.807, 2.05) is 0 Å². The van der Waals surface area contributed by atoms with Crippen LogP contribution in [0.5, 0.6) is 11.5 Å². The summed E-state index contributed by atoms with van der Waals surface area (Å²) in [6.45, 7) is 9.20. The third-order valence-electron chi connectivity index (χ3n) is 17.1. The Bertz CT molecular complexity index is 1870. The minimum Gasteiger partial charge on any atom is -0.457 e. The Morgan fingerprint density at radius 1 is 0.342 bits per heavy atom. The SMILES string of the molecule is CCCCCCCCCCc1ccc(Oc2ccc(CCCCCCCCCC)cc2C[C@H]2CC[C@H](c3ncc(CCCCCCC)cn3)CC2)c(C[C@H]2CC[C@H](c3ncc(CCCCCCC)cn3)CC2)c1. The van der Waals surface area contributed by atoms with Crippen molar-refractivity contribution in [2.24, 2.45) is 11.8 Å². The van der Waals surface area contributed by atoms with Gasteiger partial charge in [0, 0.05) is 36.6 Å².